The molecule has 6 nitrogen and oxygen atoms in total. The monoisotopic (exact) mass is 374 g/mol. The molecule has 0 radical (unpaired) electrons. The first kappa shape index (κ1) is 17.4. The smallest absolute Gasteiger partial charge is 0.319 e. The van der Waals surface area contributed by atoms with Crippen molar-refractivity contribution in [2.75, 3.05) is 0 Å². The van der Waals surface area contributed by atoms with Crippen LogP contribution in [0.1, 0.15) is 11.9 Å². The molecule has 3 aromatic rings. The highest BCUT2D eigenvalue weighted by atomic mass is 32.2. The van der Waals surface area contributed by atoms with E-state index in [1.807, 2.05) is 24.3 Å². The van der Waals surface area contributed by atoms with Gasteiger partial charge in [0.15, 0.2) is 0 Å². The maximum absolute atomic E-state index is 12.1. The lowest BCUT2D eigenvalue weighted by molar-refractivity contribution is -0.384. The number of benzene rings is 2. The standard InChI is InChI=1S/C17H14N2O4S2/c1-11(24-13-8-6-12(7-9-13)19(21)22)17(20)23-10-16-18-14-4-2-3-5-15(14)25-16/h2-9,11H,10H2,1H3/t11-/m1/s1. The van der Waals surface area contributed by atoms with E-state index in [4.69, 9.17) is 4.74 Å². The summed E-state index contributed by atoms with van der Waals surface area (Å²) in [5, 5.41) is 11.0. The molecule has 0 aliphatic rings. The summed E-state index contributed by atoms with van der Waals surface area (Å²) in [4.78, 5) is 27.5. The van der Waals surface area contributed by atoms with Gasteiger partial charge in [-0.3, -0.25) is 14.9 Å². The average molecular weight is 374 g/mol. The molecule has 0 amide bonds. The highest BCUT2D eigenvalue weighted by Crippen LogP contribution is 2.27. The second kappa shape index (κ2) is 7.62. The molecule has 8 heteroatoms. The molecule has 1 atom stereocenters. The molecule has 2 aromatic carbocycles. The second-order valence-electron chi connectivity index (χ2n) is 5.19. The van der Waals surface area contributed by atoms with Crippen molar-refractivity contribution in [3.63, 3.8) is 0 Å². The van der Waals surface area contributed by atoms with Gasteiger partial charge in [0.25, 0.3) is 5.69 Å². The highest BCUT2D eigenvalue weighted by molar-refractivity contribution is 8.00. The van der Waals surface area contributed by atoms with Crippen molar-refractivity contribution < 1.29 is 14.5 Å². The van der Waals surface area contributed by atoms with Crippen LogP contribution in [0, 0.1) is 10.1 Å². The number of para-hydroxylation sites is 1. The van der Waals surface area contributed by atoms with Crippen LogP contribution in [0.4, 0.5) is 5.69 Å². The Morgan fingerprint density at radius 3 is 2.68 bits per heavy atom. The Labute approximate surface area is 152 Å². The van der Waals surface area contributed by atoms with Gasteiger partial charge in [-0.2, -0.15) is 0 Å². The third kappa shape index (κ3) is 4.34. The summed E-state index contributed by atoms with van der Waals surface area (Å²) in [5.74, 6) is -0.345. The number of non-ortho nitro benzene ring substituents is 1. The molecule has 0 bridgehead atoms. The average Bonchev–Trinajstić information content (AvgIpc) is 3.03. The Bertz CT molecular complexity index is 875. The fourth-order valence-corrected chi connectivity index (χ4v) is 3.88. The molecule has 0 saturated carbocycles. The van der Waals surface area contributed by atoms with Crippen LogP contribution < -0.4 is 0 Å². The van der Waals surface area contributed by atoms with E-state index in [-0.39, 0.29) is 18.3 Å². The molecule has 3 rings (SSSR count). The minimum absolute atomic E-state index is 0.0235. The zero-order valence-corrected chi connectivity index (χ0v) is 14.9. The fraction of sp³-hybridized carbons (Fsp3) is 0.176. The second-order valence-corrected chi connectivity index (χ2v) is 7.72. The normalized spacial score (nSPS) is 12.0. The van der Waals surface area contributed by atoms with E-state index in [1.165, 1.54) is 35.2 Å². The largest absolute Gasteiger partial charge is 0.457 e. The van der Waals surface area contributed by atoms with E-state index >= 15 is 0 Å². The van der Waals surface area contributed by atoms with Crippen molar-refractivity contribution in [3.8, 4) is 0 Å². The van der Waals surface area contributed by atoms with Crippen molar-refractivity contribution in [3.05, 3.63) is 63.7 Å². The number of esters is 1. The van der Waals surface area contributed by atoms with Crippen molar-refractivity contribution >= 4 is 45.0 Å². The molecule has 128 valence electrons. The number of rotatable bonds is 6. The zero-order chi connectivity index (χ0) is 17.8. The molecule has 0 N–H and O–H groups in total. The van der Waals surface area contributed by atoms with Crippen molar-refractivity contribution in [2.45, 2.75) is 23.7 Å². The van der Waals surface area contributed by atoms with E-state index in [0.29, 0.717) is 0 Å². The Morgan fingerprint density at radius 1 is 1.28 bits per heavy atom. The van der Waals surface area contributed by atoms with Gasteiger partial charge in [-0.25, -0.2) is 4.98 Å². The number of nitro groups is 1. The predicted molar refractivity (Wildman–Crippen MR) is 97.8 cm³/mol. The number of carbonyl (C=O) groups excluding carboxylic acids is 1. The van der Waals surface area contributed by atoms with Crippen LogP contribution in [-0.4, -0.2) is 21.1 Å². The number of fused-ring (bicyclic) bond motifs is 1. The summed E-state index contributed by atoms with van der Waals surface area (Å²) in [7, 11) is 0. The van der Waals surface area contributed by atoms with Crippen LogP contribution in [0.3, 0.4) is 0 Å². The van der Waals surface area contributed by atoms with Crippen LogP contribution in [0.15, 0.2) is 53.4 Å². The van der Waals surface area contributed by atoms with Gasteiger partial charge in [-0.1, -0.05) is 12.1 Å². The minimum Gasteiger partial charge on any atom is -0.457 e. The SMILES string of the molecule is C[C@@H](Sc1ccc([N+](=O)[O-])cc1)C(=O)OCc1nc2ccccc2s1. The summed E-state index contributed by atoms with van der Waals surface area (Å²) in [6.45, 7) is 1.89. The Hall–Kier alpha value is -2.45. The molecular weight excluding hydrogens is 360 g/mol. The molecule has 0 aliphatic carbocycles. The van der Waals surface area contributed by atoms with E-state index in [2.05, 4.69) is 4.98 Å². The number of aromatic nitrogens is 1. The number of carbonyl (C=O) groups is 1. The van der Waals surface area contributed by atoms with Gasteiger partial charge in [0.1, 0.15) is 16.9 Å². The third-order valence-electron chi connectivity index (χ3n) is 3.37. The molecular formula is C17H14N2O4S2. The lowest BCUT2D eigenvalue weighted by Gasteiger charge is -2.10. The Kier molecular flexibility index (Phi) is 5.30. The van der Waals surface area contributed by atoms with Crippen LogP contribution in [-0.2, 0) is 16.1 Å². The van der Waals surface area contributed by atoms with Crippen LogP contribution >= 0.6 is 23.1 Å². The number of hydrogen-bond acceptors (Lipinski definition) is 7. The Morgan fingerprint density at radius 2 is 2.00 bits per heavy atom. The van der Waals surface area contributed by atoms with Crippen molar-refractivity contribution in [2.24, 2.45) is 0 Å². The first-order chi connectivity index (χ1) is 12.0. The summed E-state index contributed by atoms with van der Waals surface area (Å²) >= 11 is 2.80. The third-order valence-corrected chi connectivity index (χ3v) is 5.47. The summed E-state index contributed by atoms with van der Waals surface area (Å²) in [6.07, 6.45) is 0. The van der Waals surface area contributed by atoms with Gasteiger partial charge in [-0.15, -0.1) is 23.1 Å². The fourth-order valence-electron chi connectivity index (χ4n) is 2.13. The number of thioether (sulfide) groups is 1. The summed E-state index contributed by atoms with van der Waals surface area (Å²) < 4.78 is 6.39. The van der Waals surface area contributed by atoms with E-state index in [0.717, 1.165) is 20.1 Å². The maximum Gasteiger partial charge on any atom is 0.319 e. The minimum atomic E-state index is -0.454. The van der Waals surface area contributed by atoms with Gasteiger partial charge < -0.3 is 4.74 Å². The lowest BCUT2D eigenvalue weighted by Crippen LogP contribution is -2.16. The van der Waals surface area contributed by atoms with Gasteiger partial charge in [0, 0.05) is 17.0 Å². The molecule has 1 heterocycles. The molecule has 0 unspecified atom stereocenters. The van der Waals surface area contributed by atoms with Crippen LogP contribution in [0.2, 0.25) is 0 Å². The van der Waals surface area contributed by atoms with E-state index in [9.17, 15) is 14.9 Å². The topological polar surface area (TPSA) is 82.3 Å². The molecule has 0 spiro atoms. The number of nitrogens with zero attached hydrogens (tertiary/aromatic N) is 2. The molecule has 0 saturated heterocycles. The van der Waals surface area contributed by atoms with Crippen LogP contribution in [0.25, 0.3) is 10.2 Å². The van der Waals surface area contributed by atoms with Crippen molar-refractivity contribution in [1.29, 1.82) is 0 Å². The number of nitro benzene ring substituents is 1. The molecule has 0 aliphatic heterocycles. The predicted octanol–water partition coefficient (Wildman–Crippen LogP) is 4.43. The van der Waals surface area contributed by atoms with E-state index < -0.39 is 10.2 Å². The quantitative estimate of drug-likeness (QED) is 0.275. The van der Waals surface area contributed by atoms with Gasteiger partial charge in [0.05, 0.1) is 15.1 Å². The van der Waals surface area contributed by atoms with Gasteiger partial charge in [-0.05, 0) is 31.2 Å². The number of ether oxygens (including phenoxy) is 1. The summed E-state index contributed by atoms with van der Waals surface area (Å²) in [5.41, 5.74) is 0.919. The van der Waals surface area contributed by atoms with E-state index in [1.54, 1.807) is 19.1 Å². The number of hydrogen-bond donors (Lipinski definition) is 0. The van der Waals surface area contributed by atoms with Crippen LogP contribution in [0.5, 0.6) is 0 Å². The maximum atomic E-state index is 12.1. The summed E-state index contributed by atoms with van der Waals surface area (Å²) in [6, 6.07) is 13.8. The van der Waals surface area contributed by atoms with Gasteiger partial charge in [0.2, 0.25) is 0 Å². The highest BCUT2D eigenvalue weighted by Gasteiger charge is 2.17. The lowest BCUT2D eigenvalue weighted by atomic mass is 10.3. The Balaban J connectivity index is 1.56. The molecule has 25 heavy (non-hydrogen) atoms. The van der Waals surface area contributed by atoms with Gasteiger partial charge >= 0.3 is 5.97 Å². The molecule has 0 fully saturated rings. The number of thiazole rings is 1. The van der Waals surface area contributed by atoms with Crippen molar-refractivity contribution in [1.82, 2.24) is 4.98 Å². The first-order valence-corrected chi connectivity index (χ1v) is 9.15. The first-order valence-electron chi connectivity index (χ1n) is 7.45. The zero-order valence-electron chi connectivity index (χ0n) is 13.2. The molecule has 1 aromatic heterocycles.